The minimum absolute atomic E-state index is 0.0270. The van der Waals surface area contributed by atoms with Crippen LogP contribution in [0.2, 0.25) is 0 Å². The van der Waals surface area contributed by atoms with Crippen LogP contribution in [0, 0.1) is 6.92 Å². The predicted molar refractivity (Wildman–Crippen MR) is 133 cm³/mol. The molecule has 2 aliphatic carbocycles. The van der Waals surface area contributed by atoms with E-state index in [9.17, 15) is 9.59 Å². The van der Waals surface area contributed by atoms with E-state index in [1.54, 1.807) is 0 Å². The molecule has 186 valence electrons. The molecular weight excluding hydrogens is 428 g/mol. The number of nitrogens with zero attached hydrogens (tertiary/aromatic N) is 3. The highest BCUT2D eigenvalue weighted by molar-refractivity contribution is 6.03. The number of likely N-dealkylation sites (N-methyl/N-ethyl adjacent to an activating group) is 1. The summed E-state index contributed by atoms with van der Waals surface area (Å²) in [4.78, 5) is 31.9. The van der Waals surface area contributed by atoms with Crippen LogP contribution in [0.3, 0.4) is 0 Å². The average molecular weight is 469 g/mol. The van der Waals surface area contributed by atoms with Gasteiger partial charge in [-0.2, -0.15) is 0 Å². The number of carbonyl (C=O) groups excluding carboxylic acids is 2. The van der Waals surface area contributed by atoms with Gasteiger partial charge in [0, 0.05) is 37.3 Å². The third kappa shape index (κ3) is 4.28. The first-order valence-electron chi connectivity index (χ1n) is 13.3. The van der Waals surface area contributed by atoms with Crippen LogP contribution >= 0.6 is 0 Å². The number of carbonyl (C=O) groups is 2. The Hall–Kier alpha value is -2.28. The van der Waals surface area contributed by atoms with Crippen molar-refractivity contribution in [3.63, 3.8) is 0 Å². The smallest absolute Gasteiger partial charge is 0.271 e. The number of hydrogen-bond donors (Lipinski definition) is 1. The second kappa shape index (κ2) is 9.40. The average Bonchev–Trinajstić information content (AvgIpc) is 3.36. The number of aryl methyl sites for hydroxylation is 1. The van der Waals surface area contributed by atoms with E-state index in [0.29, 0.717) is 24.8 Å². The van der Waals surface area contributed by atoms with Gasteiger partial charge in [-0.3, -0.25) is 9.59 Å². The minimum atomic E-state index is -0.938. The first kappa shape index (κ1) is 23.5. The number of fused-ring (bicyclic) bond motifs is 3. The van der Waals surface area contributed by atoms with Crippen LogP contribution in [0.1, 0.15) is 87.4 Å². The van der Waals surface area contributed by atoms with E-state index < -0.39 is 5.54 Å². The van der Waals surface area contributed by atoms with Crippen LogP contribution in [0.5, 0.6) is 0 Å². The highest BCUT2D eigenvalue weighted by atomic mass is 16.3. The molecule has 3 aliphatic rings. The van der Waals surface area contributed by atoms with Crippen molar-refractivity contribution in [2.24, 2.45) is 0 Å². The Kier molecular flexibility index (Phi) is 6.49. The summed E-state index contributed by atoms with van der Waals surface area (Å²) in [6.45, 7) is 5.64. The number of furan rings is 1. The lowest BCUT2D eigenvalue weighted by atomic mass is 9.91. The SMILES string of the molecule is Cc1cc2c(cc3n2C[C@](C)(C(=O)NC2CCCCC2)N(CCN(C)C2CCCCC2)C3=O)o1. The van der Waals surface area contributed by atoms with E-state index in [1.165, 1.54) is 38.5 Å². The lowest BCUT2D eigenvalue weighted by molar-refractivity contribution is -0.134. The summed E-state index contributed by atoms with van der Waals surface area (Å²) in [7, 11) is 2.17. The van der Waals surface area contributed by atoms with E-state index in [0.717, 1.165) is 49.1 Å². The van der Waals surface area contributed by atoms with Crippen LogP contribution in [0.4, 0.5) is 0 Å². The van der Waals surface area contributed by atoms with Crippen molar-refractivity contribution in [2.45, 2.75) is 102 Å². The minimum Gasteiger partial charge on any atom is -0.460 e. The van der Waals surface area contributed by atoms with E-state index in [-0.39, 0.29) is 17.9 Å². The first-order valence-corrected chi connectivity index (χ1v) is 13.3. The first-order chi connectivity index (χ1) is 16.4. The lowest BCUT2D eigenvalue weighted by Gasteiger charge is -2.45. The Morgan fingerprint density at radius 1 is 1.12 bits per heavy atom. The van der Waals surface area contributed by atoms with E-state index in [2.05, 4.69) is 17.3 Å². The summed E-state index contributed by atoms with van der Waals surface area (Å²) < 4.78 is 7.83. The van der Waals surface area contributed by atoms with Crippen molar-refractivity contribution >= 4 is 22.9 Å². The third-order valence-corrected chi connectivity index (χ3v) is 8.54. The van der Waals surface area contributed by atoms with Crippen LogP contribution in [-0.4, -0.2) is 63.9 Å². The van der Waals surface area contributed by atoms with Crippen molar-refractivity contribution < 1.29 is 14.0 Å². The van der Waals surface area contributed by atoms with Gasteiger partial charge in [0.05, 0.1) is 12.1 Å². The zero-order chi connectivity index (χ0) is 23.9. The molecule has 2 saturated carbocycles. The van der Waals surface area contributed by atoms with Crippen LogP contribution in [0.25, 0.3) is 11.1 Å². The molecule has 2 aromatic rings. The molecular formula is C27H40N4O3. The topological polar surface area (TPSA) is 70.7 Å². The summed E-state index contributed by atoms with van der Waals surface area (Å²) in [5.41, 5.74) is 1.30. The van der Waals surface area contributed by atoms with Gasteiger partial charge in [0.2, 0.25) is 5.91 Å². The molecule has 3 heterocycles. The number of nitrogens with one attached hydrogen (secondary N) is 1. The van der Waals surface area contributed by atoms with Gasteiger partial charge in [0.15, 0.2) is 5.58 Å². The molecule has 7 heteroatoms. The maximum Gasteiger partial charge on any atom is 0.271 e. The highest BCUT2D eigenvalue weighted by Crippen LogP contribution is 2.34. The Morgan fingerprint density at radius 2 is 1.79 bits per heavy atom. The molecule has 1 atom stereocenters. The molecule has 1 aliphatic heterocycles. The van der Waals surface area contributed by atoms with Gasteiger partial charge in [0.25, 0.3) is 5.91 Å². The molecule has 2 amide bonds. The number of amides is 2. The van der Waals surface area contributed by atoms with E-state index in [4.69, 9.17) is 4.42 Å². The van der Waals surface area contributed by atoms with Gasteiger partial charge >= 0.3 is 0 Å². The number of rotatable bonds is 6. The molecule has 2 fully saturated rings. The Balaban J connectivity index is 1.42. The molecule has 0 spiro atoms. The van der Waals surface area contributed by atoms with Gasteiger partial charge in [-0.15, -0.1) is 0 Å². The Labute approximate surface area is 202 Å². The fourth-order valence-electron chi connectivity index (χ4n) is 6.36. The molecule has 0 radical (unpaired) electrons. The Morgan fingerprint density at radius 3 is 2.50 bits per heavy atom. The molecule has 1 N–H and O–H groups in total. The highest BCUT2D eigenvalue weighted by Gasteiger charge is 2.48. The quantitative estimate of drug-likeness (QED) is 0.679. The molecule has 0 aromatic carbocycles. The van der Waals surface area contributed by atoms with Crippen LogP contribution < -0.4 is 5.32 Å². The molecule has 7 nitrogen and oxygen atoms in total. The molecule has 0 bridgehead atoms. The van der Waals surface area contributed by atoms with Gasteiger partial charge < -0.3 is 24.1 Å². The monoisotopic (exact) mass is 468 g/mol. The van der Waals surface area contributed by atoms with Gasteiger partial charge in [-0.1, -0.05) is 38.5 Å². The summed E-state index contributed by atoms with van der Waals surface area (Å²) >= 11 is 0. The molecule has 2 aromatic heterocycles. The van der Waals surface area contributed by atoms with Crippen molar-refractivity contribution in [1.82, 2.24) is 19.7 Å². The van der Waals surface area contributed by atoms with Gasteiger partial charge in [-0.25, -0.2) is 0 Å². The maximum atomic E-state index is 13.8. The number of aromatic nitrogens is 1. The van der Waals surface area contributed by atoms with Crippen molar-refractivity contribution in [1.29, 1.82) is 0 Å². The van der Waals surface area contributed by atoms with Crippen LogP contribution in [0.15, 0.2) is 16.5 Å². The molecule has 5 rings (SSSR count). The van der Waals surface area contributed by atoms with Crippen molar-refractivity contribution in [2.75, 3.05) is 20.1 Å². The normalized spacial score (nSPS) is 24.7. The van der Waals surface area contributed by atoms with Crippen LogP contribution in [-0.2, 0) is 11.3 Å². The van der Waals surface area contributed by atoms with Gasteiger partial charge in [-0.05, 0) is 46.6 Å². The predicted octanol–water partition coefficient (Wildman–Crippen LogP) is 4.47. The maximum absolute atomic E-state index is 13.8. The van der Waals surface area contributed by atoms with Crippen molar-refractivity contribution in [3.8, 4) is 0 Å². The van der Waals surface area contributed by atoms with E-state index >= 15 is 0 Å². The molecule has 0 unspecified atom stereocenters. The van der Waals surface area contributed by atoms with Gasteiger partial charge in [0.1, 0.15) is 17.0 Å². The standard InChI is InChI=1S/C27H40N4O3/c1-19-16-22-24(34-19)17-23-25(32)31(15-14-29(3)21-12-8-5-9-13-21)27(2,18-30(22)23)26(33)28-20-10-6-4-7-11-20/h16-17,20-21H,4-15,18H2,1-3H3,(H,28,33)/t27-/m1/s1. The summed E-state index contributed by atoms with van der Waals surface area (Å²) in [6, 6.07) is 4.60. The van der Waals surface area contributed by atoms with E-state index in [1.807, 2.05) is 35.4 Å². The molecule has 0 saturated heterocycles. The molecule has 34 heavy (non-hydrogen) atoms. The Bertz CT molecular complexity index is 1040. The zero-order valence-electron chi connectivity index (χ0n) is 21.1. The number of hydrogen-bond acceptors (Lipinski definition) is 4. The lowest BCUT2D eigenvalue weighted by Crippen LogP contribution is -2.66. The van der Waals surface area contributed by atoms with Crippen molar-refractivity contribution in [3.05, 3.63) is 23.6 Å². The summed E-state index contributed by atoms with van der Waals surface area (Å²) in [5, 5.41) is 3.32. The fourth-order valence-corrected chi connectivity index (χ4v) is 6.36. The third-order valence-electron chi connectivity index (χ3n) is 8.54. The fraction of sp³-hybridized carbons (Fsp3) is 0.704. The summed E-state index contributed by atoms with van der Waals surface area (Å²) in [6.07, 6.45) is 12.0. The second-order valence-corrected chi connectivity index (χ2v) is 11.0. The summed E-state index contributed by atoms with van der Waals surface area (Å²) in [5.74, 6) is 0.715. The largest absolute Gasteiger partial charge is 0.460 e. The zero-order valence-corrected chi connectivity index (χ0v) is 21.1. The second-order valence-electron chi connectivity index (χ2n) is 11.0.